The average molecular weight is 202 g/mol. The van der Waals surface area contributed by atoms with E-state index in [2.05, 4.69) is 0 Å². The van der Waals surface area contributed by atoms with E-state index in [-0.39, 0.29) is 6.61 Å². The van der Waals surface area contributed by atoms with Crippen molar-refractivity contribution in [3.8, 4) is 0 Å². The van der Waals surface area contributed by atoms with E-state index in [1.165, 1.54) is 0 Å². The number of carboxylic acids is 1. The number of aliphatic carboxylic acids is 1. The fraction of sp³-hybridized carbons (Fsp3) is 0.556. The minimum Gasteiger partial charge on any atom is -0.478 e. The van der Waals surface area contributed by atoms with Gasteiger partial charge in [-0.3, -0.25) is 0 Å². The van der Waals surface area contributed by atoms with Crippen LogP contribution in [0.2, 0.25) is 0 Å². The van der Waals surface area contributed by atoms with Crippen LogP contribution in [0.25, 0.3) is 0 Å². The molecule has 0 fully saturated rings. The molecular formula is C9H14O5. The third kappa shape index (κ3) is 6.19. The second kappa shape index (κ2) is 5.39. The molecule has 0 rings (SSSR count). The minimum atomic E-state index is -1.21. The van der Waals surface area contributed by atoms with E-state index in [1.807, 2.05) is 0 Å². The van der Waals surface area contributed by atoms with Gasteiger partial charge in [0.15, 0.2) is 0 Å². The molecule has 0 saturated heterocycles. The molecule has 0 spiro atoms. The number of ether oxygens (including phenoxy) is 1. The number of aliphatic hydroxyl groups excluding tert-OH is 1. The Morgan fingerprint density at radius 1 is 1.36 bits per heavy atom. The predicted molar refractivity (Wildman–Crippen MR) is 48.6 cm³/mol. The van der Waals surface area contributed by atoms with E-state index in [0.717, 1.165) is 6.08 Å². The maximum Gasteiger partial charge on any atom is 0.331 e. The highest BCUT2D eigenvalue weighted by Gasteiger charge is 2.20. The van der Waals surface area contributed by atoms with Crippen LogP contribution in [-0.2, 0) is 14.3 Å². The van der Waals surface area contributed by atoms with E-state index in [1.54, 1.807) is 13.8 Å². The van der Waals surface area contributed by atoms with Crippen LogP contribution in [0.1, 0.15) is 20.3 Å². The Kier molecular flexibility index (Phi) is 4.86. The second-order valence-corrected chi connectivity index (χ2v) is 3.33. The third-order valence-corrected chi connectivity index (χ3v) is 1.45. The first kappa shape index (κ1) is 12.6. The Hall–Kier alpha value is -1.36. The van der Waals surface area contributed by atoms with Gasteiger partial charge in [0.1, 0.15) is 5.60 Å². The molecular weight excluding hydrogens is 188 g/mol. The fourth-order valence-electron chi connectivity index (χ4n) is 0.766. The second-order valence-electron chi connectivity index (χ2n) is 3.33. The first-order valence-corrected chi connectivity index (χ1v) is 4.12. The quantitative estimate of drug-likeness (QED) is 0.496. The summed E-state index contributed by atoms with van der Waals surface area (Å²) < 4.78 is 4.88. The first-order chi connectivity index (χ1) is 6.37. The normalized spacial score (nSPS) is 11.6. The van der Waals surface area contributed by atoms with Crippen molar-refractivity contribution < 1.29 is 24.5 Å². The molecule has 0 aliphatic heterocycles. The van der Waals surface area contributed by atoms with Gasteiger partial charge in [0, 0.05) is 25.2 Å². The summed E-state index contributed by atoms with van der Waals surface area (Å²) in [5.41, 5.74) is -0.783. The zero-order valence-electron chi connectivity index (χ0n) is 8.19. The Balaban J connectivity index is 4.11. The van der Waals surface area contributed by atoms with Crippen molar-refractivity contribution in [2.24, 2.45) is 0 Å². The van der Waals surface area contributed by atoms with E-state index in [4.69, 9.17) is 14.9 Å². The standard InChI is InChI=1S/C9H14O5/c1-9(2,5-6-10)14-8(13)4-3-7(11)12/h3-4,10H,5-6H2,1-2H3,(H,11,12). The fourth-order valence-corrected chi connectivity index (χ4v) is 0.766. The molecule has 0 bridgehead atoms. The summed E-state index contributed by atoms with van der Waals surface area (Å²) in [7, 11) is 0. The van der Waals surface area contributed by atoms with Gasteiger partial charge in [0.05, 0.1) is 0 Å². The molecule has 80 valence electrons. The van der Waals surface area contributed by atoms with Gasteiger partial charge in [-0.1, -0.05) is 0 Å². The molecule has 0 radical (unpaired) electrons. The summed E-state index contributed by atoms with van der Waals surface area (Å²) in [6.07, 6.45) is 1.85. The molecule has 0 saturated carbocycles. The van der Waals surface area contributed by atoms with Crippen LogP contribution in [0.3, 0.4) is 0 Å². The lowest BCUT2D eigenvalue weighted by Gasteiger charge is -2.23. The molecule has 0 aromatic heterocycles. The maximum atomic E-state index is 11.0. The smallest absolute Gasteiger partial charge is 0.331 e. The highest BCUT2D eigenvalue weighted by atomic mass is 16.6. The average Bonchev–Trinajstić information content (AvgIpc) is 1.99. The van der Waals surface area contributed by atoms with Crippen molar-refractivity contribution in [3.63, 3.8) is 0 Å². The predicted octanol–water partition coefficient (Wildman–Crippen LogP) is 0.331. The topological polar surface area (TPSA) is 83.8 Å². The van der Waals surface area contributed by atoms with Crippen LogP contribution in [0.5, 0.6) is 0 Å². The van der Waals surface area contributed by atoms with E-state index in [9.17, 15) is 9.59 Å². The molecule has 0 amide bonds. The van der Waals surface area contributed by atoms with Crippen molar-refractivity contribution in [1.82, 2.24) is 0 Å². The summed E-state index contributed by atoms with van der Waals surface area (Å²) in [5.74, 6) is -1.94. The van der Waals surface area contributed by atoms with E-state index in [0.29, 0.717) is 12.5 Å². The number of carbonyl (C=O) groups excluding carboxylic acids is 1. The highest BCUT2D eigenvalue weighted by Crippen LogP contribution is 2.13. The van der Waals surface area contributed by atoms with Crippen molar-refractivity contribution >= 4 is 11.9 Å². The zero-order chi connectivity index (χ0) is 11.2. The van der Waals surface area contributed by atoms with Crippen LogP contribution in [0, 0.1) is 0 Å². The Bertz CT molecular complexity index is 242. The molecule has 0 aliphatic carbocycles. The van der Waals surface area contributed by atoms with Crippen molar-refractivity contribution in [2.75, 3.05) is 6.61 Å². The number of carboxylic acid groups (broad SMARTS) is 1. The lowest BCUT2D eigenvalue weighted by atomic mass is 10.1. The first-order valence-electron chi connectivity index (χ1n) is 4.12. The molecule has 0 heterocycles. The minimum absolute atomic E-state index is 0.0943. The number of esters is 1. The SMILES string of the molecule is CC(C)(CCO)OC(=O)C=CC(=O)O. The summed E-state index contributed by atoms with van der Waals surface area (Å²) >= 11 is 0. The molecule has 2 N–H and O–H groups in total. The summed E-state index contributed by atoms with van der Waals surface area (Å²) in [6, 6.07) is 0. The summed E-state index contributed by atoms with van der Waals surface area (Å²) in [6.45, 7) is 3.17. The van der Waals surface area contributed by atoms with Crippen LogP contribution in [0.15, 0.2) is 12.2 Å². The van der Waals surface area contributed by atoms with Gasteiger partial charge in [0.25, 0.3) is 0 Å². The highest BCUT2D eigenvalue weighted by molar-refractivity contribution is 5.90. The van der Waals surface area contributed by atoms with Gasteiger partial charge < -0.3 is 14.9 Å². The Morgan fingerprint density at radius 3 is 2.36 bits per heavy atom. The van der Waals surface area contributed by atoms with Crippen LogP contribution in [0.4, 0.5) is 0 Å². The molecule has 5 heteroatoms. The molecule has 5 nitrogen and oxygen atoms in total. The lowest BCUT2D eigenvalue weighted by Crippen LogP contribution is -2.28. The monoisotopic (exact) mass is 202 g/mol. The zero-order valence-corrected chi connectivity index (χ0v) is 8.19. The van der Waals surface area contributed by atoms with Crippen LogP contribution < -0.4 is 0 Å². The summed E-state index contributed by atoms with van der Waals surface area (Å²) in [4.78, 5) is 21.0. The van der Waals surface area contributed by atoms with E-state index >= 15 is 0 Å². The number of hydrogen-bond acceptors (Lipinski definition) is 4. The van der Waals surface area contributed by atoms with Gasteiger partial charge in [-0.2, -0.15) is 0 Å². The molecule has 0 unspecified atom stereocenters. The lowest BCUT2D eigenvalue weighted by molar-refractivity contribution is -0.151. The van der Waals surface area contributed by atoms with Gasteiger partial charge in [-0.15, -0.1) is 0 Å². The number of rotatable bonds is 5. The van der Waals surface area contributed by atoms with Crippen molar-refractivity contribution in [1.29, 1.82) is 0 Å². The Morgan fingerprint density at radius 2 is 1.93 bits per heavy atom. The molecule has 14 heavy (non-hydrogen) atoms. The number of hydrogen-bond donors (Lipinski definition) is 2. The maximum absolute atomic E-state index is 11.0. The molecule has 0 aromatic rings. The van der Waals surface area contributed by atoms with E-state index < -0.39 is 17.5 Å². The molecule has 0 aromatic carbocycles. The van der Waals surface area contributed by atoms with Crippen molar-refractivity contribution in [3.05, 3.63) is 12.2 Å². The van der Waals surface area contributed by atoms with Gasteiger partial charge in [-0.05, 0) is 13.8 Å². The summed E-state index contributed by atoms with van der Waals surface area (Å²) in [5, 5.41) is 16.9. The molecule has 0 aliphatic rings. The van der Waals surface area contributed by atoms with Crippen LogP contribution in [-0.4, -0.2) is 34.4 Å². The van der Waals surface area contributed by atoms with Gasteiger partial charge in [0.2, 0.25) is 0 Å². The number of aliphatic hydroxyl groups is 1. The van der Waals surface area contributed by atoms with Crippen LogP contribution >= 0.6 is 0 Å². The van der Waals surface area contributed by atoms with Crippen molar-refractivity contribution in [2.45, 2.75) is 25.9 Å². The van der Waals surface area contributed by atoms with Gasteiger partial charge >= 0.3 is 11.9 Å². The molecule has 0 atom stereocenters. The third-order valence-electron chi connectivity index (χ3n) is 1.45. The van der Waals surface area contributed by atoms with Gasteiger partial charge in [-0.25, -0.2) is 9.59 Å². The number of carbonyl (C=O) groups is 2. The largest absolute Gasteiger partial charge is 0.478 e. The Labute approximate surface area is 82.0 Å².